The molecule has 1 saturated heterocycles. The summed E-state index contributed by atoms with van der Waals surface area (Å²) in [4.78, 5) is 17.5. The molecule has 0 atom stereocenters. The maximum absolute atomic E-state index is 13.1. The van der Waals surface area contributed by atoms with Gasteiger partial charge in [0.25, 0.3) is 15.9 Å². The fourth-order valence-electron chi connectivity index (χ4n) is 4.72. The SMILES string of the molecule is COc1ccc(NS(=O)(=O)c2cccc(C(=O)N3CCN(CC4CCCCC4)CC3)c2)cc1. The number of sulfonamides is 1. The van der Waals surface area contributed by atoms with Gasteiger partial charge in [-0.05, 0) is 61.2 Å². The van der Waals surface area contributed by atoms with E-state index >= 15 is 0 Å². The third-order valence-corrected chi connectivity index (χ3v) is 8.01. The standard InChI is InChI=1S/C25H33N3O4S/c1-32-23-12-10-22(11-13-23)26-33(30,31)24-9-5-8-21(18-24)25(29)28-16-14-27(15-17-28)19-20-6-3-2-4-7-20/h5,8-13,18,20,26H,2-4,6-7,14-17,19H2,1H3. The number of piperazine rings is 1. The summed E-state index contributed by atoms with van der Waals surface area (Å²) in [5.41, 5.74) is 0.829. The van der Waals surface area contributed by atoms with E-state index in [0.717, 1.165) is 25.6 Å². The summed E-state index contributed by atoms with van der Waals surface area (Å²) in [7, 11) is -2.26. The van der Waals surface area contributed by atoms with Crippen molar-refractivity contribution in [3.8, 4) is 5.75 Å². The molecule has 8 heteroatoms. The number of carbonyl (C=O) groups is 1. The van der Waals surface area contributed by atoms with Gasteiger partial charge in [-0.15, -0.1) is 0 Å². The van der Waals surface area contributed by atoms with Crippen molar-refractivity contribution in [1.29, 1.82) is 0 Å². The second-order valence-electron chi connectivity index (χ2n) is 8.96. The summed E-state index contributed by atoms with van der Waals surface area (Å²) < 4.78 is 33.4. The molecule has 1 aliphatic heterocycles. The maximum atomic E-state index is 13.1. The molecule has 0 spiro atoms. The van der Waals surface area contributed by atoms with Crippen LogP contribution in [0.5, 0.6) is 5.75 Å². The molecule has 0 bridgehead atoms. The number of anilines is 1. The molecule has 0 radical (unpaired) electrons. The molecule has 0 aromatic heterocycles. The second kappa shape index (κ2) is 10.6. The lowest BCUT2D eigenvalue weighted by molar-refractivity contribution is 0.0606. The summed E-state index contributed by atoms with van der Waals surface area (Å²) in [6, 6.07) is 12.9. The largest absolute Gasteiger partial charge is 0.497 e. The van der Waals surface area contributed by atoms with E-state index < -0.39 is 10.0 Å². The van der Waals surface area contributed by atoms with Gasteiger partial charge in [-0.3, -0.25) is 14.4 Å². The van der Waals surface area contributed by atoms with Crippen LogP contribution in [0.1, 0.15) is 42.5 Å². The highest BCUT2D eigenvalue weighted by atomic mass is 32.2. The molecule has 2 aliphatic rings. The number of carbonyl (C=O) groups excluding carboxylic acids is 1. The van der Waals surface area contributed by atoms with Crippen LogP contribution in [0.15, 0.2) is 53.4 Å². The van der Waals surface area contributed by atoms with Gasteiger partial charge in [0.15, 0.2) is 0 Å². The summed E-state index contributed by atoms with van der Waals surface area (Å²) >= 11 is 0. The first-order valence-electron chi connectivity index (χ1n) is 11.7. The number of ether oxygens (including phenoxy) is 1. The van der Waals surface area contributed by atoms with E-state index in [1.807, 2.05) is 4.90 Å². The molecule has 1 N–H and O–H groups in total. The Balaban J connectivity index is 1.37. The smallest absolute Gasteiger partial charge is 0.261 e. The van der Waals surface area contributed by atoms with E-state index in [4.69, 9.17) is 4.74 Å². The number of hydrogen-bond donors (Lipinski definition) is 1. The highest BCUT2D eigenvalue weighted by molar-refractivity contribution is 7.92. The topological polar surface area (TPSA) is 78.9 Å². The van der Waals surface area contributed by atoms with Gasteiger partial charge in [0, 0.05) is 44.0 Å². The van der Waals surface area contributed by atoms with Crippen LogP contribution in [0.3, 0.4) is 0 Å². The lowest BCUT2D eigenvalue weighted by Crippen LogP contribution is -2.49. The van der Waals surface area contributed by atoms with E-state index in [2.05, 4.69) is 9.62 Å². The predicted molar refractivity (Wildman–Crippen MR) is 129 cm³/mol. The number of amides is 1. The normalized spacial score (nSPS) is 18.2. The molecular formula is C25H33N3O4S. The highest BCUT2D eigenvalue weighted by Crippen LogP contribution is 2.25. The van der Waals surface area contributed by atoms with E-state index in [9.17, 15) is 13.2 Å². The van der Waals surface area contributed by atoms with Crippen molar-refractivity contribution in [3.05, 3.63) is 54.1 Å². The number of methoxy groups -OCH3 is 1. The Bertz CT molecular complexity index is 1040. The minimum absolute atomic E-state index is 0.0695. The Morgan fingerprint density at radius 2 is 1.70 bits per heavy atom. The van der Waals surface area contributed by atoms with Crippen molar-refractivity contribution in [2.75, 3.05) is 44.6 Å². The Hall–Kier alpha value is -2.58. The predicted octanol–water partition coefficient (Wildman–Crippen LogP) is 3.83. The lowest BCUT2D eigenvalue weighted by atomic mass is 9.89. The highest BCUT2D eigenvalue weighted by Gasteiger charge is 2.25. The second-order valence-corrected chi connectivity index (χ2v) is 10.6. The van der Waals surface area contributed by atoms with E-state index in [1.165, 1.54) is 44.2 Å². The monoisotopic (exact) mass is 471 g/mol. The van der Waals surface area contributed by atoms with Gasteiger partial charge in [-0.2, -0.15) is 0 Å². The molecule has 2 aromatic rings. The number of benzene rings is 2. The molecule has 33 heavy (non-hydrogen) atoms. The molecule has 1 saturated carbocycles. The molecule has 7 nitrogen and oxygen atoms in total. The minimum atomic E-state index is -3.81. The van der Waals surface area contributed by atoms with Gasteiger partial charge in [0.1, 0.15) is 5.75 Å². The van der Waals surface area contributed by atoms with E-state index in [0.29, 0.717) is 30.1 Å². The van der Waals surface area contributed by atoms with E-state index in [-0.39, 0.29) is 10.8 Å². The van der Waals surface area contributed by atoms with Crippen LogP contribution in [0.4, 0.5) is 5.69 Å². The van der Waals surface area contributed by atoms with Gasteiger partial charge < -0.3 is 9.64 Å². The maximum Gasteiger partial charge on any atom is 0.261 e. The molecule has 2 aromatic carbocycles. The zero-order chi connectivity index (χ0) is 23.3. The van der Waals surface area contributed by atoms with Crippen LogP contribution in [0.2, 0.25) is 0 Å². The molecule has 1 amide bonds. The molecule has 4 rings (SSSR count). The first-order chi connectivity index (χ1) is 15.9. The van der Waals surface area contributed by atoms with Crippen molar-refractivity contribution in [2.24, 2.45) is 5.92 Å². The van der Waals surface area contributed by atoms with Crippen molar-refractivity contribution in [1.82, 2.24) is 9.80 Å². The van der Waals surface area contributed by atoms with Crippen LogP contribution in [0, 0.1) is 5.92 Å². The average Bonchev–Trinajstić information content (AvgIpc) is 2.85. The van der Waals surface area contributed by atoms with Crippen molar-refractivity contribution in [3.63, 3.8) is 0 Å². The Morgan fingerprint density at radius 3 is 2.36 bits per heavy atom. The van der Waals surface area contributed by atoms with Crippen molar-refractivity contribution < 1.29 is 17.9 Å². The number of nitrogens with zero attached hydrogens (tertiary/aromatic N) is 2. The third kappa shape index (κ3) is 6.06. The molecular weight excluding hydrogens is 438 g/mol. The zero-order valence-corrected chi connectivity index (χ0v) is 20.0. The van der Waals surface area contributed by atoms with Gasteiger partial charge >= 0.3 is 0 Å². The van der Waals surface area contributed by atoms with Gasteiger partial charge in [0.2, 0.25) is 0 Å². The number of hydrogen-bond acceptors (Lipinski definition) is 5. The van der Waals surface area contributed by atoms with Crippen LogP contribution in [0.25, 0.3) is 0 Å². The van der Waals surface area contributed by atoms with Gasteiger partial charge in [0.05, 0.1) is 12.0 Å². The first-order valence-corrected chi connectivity index (χ1v) is 13.2. The fraction of sp³-hybridized carbons (Fsp3) is 0.480. The summed E-state index contributed by atoms with van der Waals surface area (Å²) in [6.45, 7) is 4.23. The molecule has 2 fully saturated rings. The molecule has 178 valence electrons. The van der Waals surface area contributed by atoms with Crippen molar-refractivity contribution >= 4 is 21.6 Å². The molecule has 1 aliphatic carbocycles. The van der Waals surface area contributed by atoms with Gasteiger partial charge in [-0.25, -0.2) is 8.42 Å². The Kier molecular flexibility index (Phi) is 7.55. The third-order valence-electron chi connectivity index (χ3n) is 6.63. The Labute approximate surface area is 196 Å². The average molecular weight is 472 g/mol. The number of rotatable bonds is 7. The first kappa shape index (κ1) is 23.6. The Morgan fingerprint density at radius 1 is 1.00 bits per heavy atom. The lowest BCUT2D eigenvalue weighted by Gasteiger charge is -2.37. The minimum Gasteiger partial charge on any atom is -0.497 e. The summed E-state index contributed by atoms with van der Waals surface area (Å²) in [6.07, 6.45) is 6.70. The molecule has 0 unspecified atom stereocenters. The zero-order valence-electron chi connectivity index (χ0n) is 19.2. The van der Waals surface area contributed by atoms with Gasteiger partial charge in [-0.1, -0.05) is 25.3 Å². The van der Waals surface area contributed by atoms with Crippen LogP contribution in [-0.2, 0) is 10.0 Å². The quantitative estimate of drug-likeness (QED) is 0.664. The number of nitrogens with one attached hydrogen (secondary N) is 1. The van der Waals surface area contributed by atoms with Crippen molar-refractivity contribution in [2.45, 2.75) is 37.0 Å². The summed E-state index contributed by atoms with van der Waals surface area (Å²) in [5, 5.41) is 0. The fourth-order valence-corrected chi connectivity index (χ4v) is 5.82. The van der Waals surface area contributed by atoms with Crippen LogP contribution >= 0.6 is 0 Å². The summed E-state index contributed by atoms with van der Waals surface area (Å²) in [5.74, 6) is 1.32. The van der Waals surface area contributed by atoms with Crippen LogP contribution < -0.4 is 9.46 Å². The van der Waals surface area contributed by atoms with E-state index in [1.54, 1.807) is 43.5 Å². The van der Waals surface area contributed by atoms with Crippen LogP contribution in [-0.4, -0.2) is 64.0 Å². The molecule has 1 heterocycles.